The number of alkyl halides is 1. The average molecular weight is 307 g/mol. The van der Waals surface area contributed by atoms with Crippen molar-refractivity contribution in [3.8, 4) is 0 Å². The number of rotatable bonds is 5. The number of halogens is 1. The first-order valence-electron chi connectivity index (χ1n) is 6.91. The molecule has 2 unspecified atom stereocenters. The fourth-order valence-electron chi connectivity index (χ4n) is 2.33. The van der Waals surface area contributed by atoms with Crippen LogP contribution >= 0.6 is 0 Å². The number of cyclic esters (lactones) is 1. The zero-order chi connectivity index (χ0) is 16.3. The molecule has 1 aromatic rings. The van der Waals surface area contributed by atoms with Gasteiger partial charge in [-0.1, -0.05) is 36.4 Å². The number of hydrogen-bond acceptors (Lipinski definition) is 4. The van der Waals surface area contributed by atoms with Crippen molar-refractivity contribution in [3.05, 3.63) is 48.6 Å². The van der Waals surface area contributed by atoms with E-state index in [4.69, 9.17) is 4.74 Å². The maximum atomic E-state index is 14.5. The molecule has 2 amide bonds. The minimum atomic E-state index is -2.64. The molecule has 1 N–H and O–H groups in total. The summed E-state index contributed by atoms with van der Waals surface area (Å²) in [7, 11) is 0. The number of amides is 2. The van der Waals surface area contributed by atoms with Crippen molar-refractivity contribution >= 4 is 12.0 Å². The van der Waals surface area contributed by atoms with Gasteiger partial charge in [-0.25, -0.2) is 14.1 Å². The highest BCUT2D eigenvalue weighted by Crippen LogP contribution is 2.26. The number of aliphatic hydroxyl groups is 1. The molecule has 1 aromatic carbocycles. The molecular weight excluding hydrogens is 289 g/mol. The molecule has 0 saturated carbocycles. The topological polar surface area (TPSA) is 66.8 Å². The van der Waals surface area contributed by atoms with Gasteiger partial charge in [-0.2, -0.15) is 0 Å². The van der Waals surface area contributed by atoms with Crippen molar-refractivity contribution < 1.29 is 23.8 Å². The molecule has 22 heavy (non-hydrogen) atoms. The standard InChI is InChI=1S/C16H18FNO4/c1-3-13(19)16(2,17)14(20)18-12(10-22-15(18)21)9-11-7-5-4-6-8-11/h3-8,12-13,19H,1,9-10H2,2H3/t12-,13?,16?/m0/s1. The maximum Gasteiger partial charge on any atom is 0.417 e. The molecule has 0 aromatic heterocycles. The highest BCUT2D eigenvalue weighted by molar-refractivity contribution is 5.98. The SMILES string of the molecule is C=CC(O)C(C)(F)C(=O)N1C(=O)OC[C@@H]1Cc1ccccc1. The molecule has 0 spiro atoms. The van der Waals surface area contributed by atoms with Gasteiger partial charge in [0, 0.05) is 0 Å². The second-order valence-corrected chi connectivity index (χ2v) is 5.35. The van der Waals surface area contributed by atoms with Gasteiger partial charge >= 0.3 is 6.09 Å². The van der Waals surface area contributed by atoms with Gasteiger partial charge in [0.05, 0.1) is 6.04 Å². The number of aliphatic hydroxyl groups excluding tert-OH is 1. The summed E-state index contributed by atoms with van der Waals surface area (Å²) >= 11 is 0. The summed E-state index contributed by atoms with van der Waals surface area (Å²) < 4.78 is 19.4. The Bertz CT molecular complexity index is 573. The lowest BCUT2D eigenvalue weighted by molar-refractivity contribution is -0.146. The third-order valence-corrected chi connectivity index (χ3v) is 3.69. The Labute approximate surface area is 128 Å². The average Bonchev–Trinajstić information content (AvgIpc) is 2.87. The predicted molar refractivity (Wildman–Crippen MR) is 77.8 cm³/mol. The highest BCUT2D eigenvalue weighted by Gasteiger charge is 2.49. The molecule has 0 aliphatic carbocycles. The molecule has 6 heteroatoms. The number of benzene rings is 1. The van der Waals surface area contributed by atoms with E-state index >= 15 is 0 Å². The molecule has 1 saturated heterocycles. The first kappa shape index (κ1) is 16.2. The van der Waals surface area contributed by atoms with Crippen molar-refractivity contribution in [2.24, 2.45) is 0 Å². The van der Waals surface area contributed by atoms with Crippen LogP contribution in [0.4, 0.5) is 9.18 Å². The van der Waals surface area contributed by atoms with Crippen LogP contribution in [0.5, 0.6) is 0 Å². The molecule has 1 fully saturated rings. The summed E-state index contributed by atoms with van der Waals surface area (Å²) in [4.78, 5) is 24.9. The van der Waals surface area contributed by atoms with E-state index in [1.165, 1.54) is 0 Å². The number of nitrogens with zero attached hydrogens (tertiary/aromatic N) is 1. The van der Waals surface area contributed by atoms with Gasteiger partial charge in [0.15, 0.2) is 0 Å². The molecule has 1 aliphatic rings. The summed E-state index contributed by atoms with van der Waals surface area (Å²) in [6, 6.07) is 8.60. The summed E-state index contributed by atoms with van der Waals surface area (Å²) in [5.74, 6) is -1.12. The Morgan fingerprint density at radius 2 is 2.23 bits per heavy atom. The van der Waals surface area contributed by atoms with Gasteiger partial charge in [-0.3, -0.25) is 4.79 Å². The van der Waals surface area contributed by atoms with Crippen molar-refractivity contribution in [3.63, 3.8) is 0 Å². The quantitative estimate of drug-likeness (QED) is 0.843. The minimum absolute atomic E-state index is 0.000266. The van der Waals surface area contributed by atoms with Crippen molar-refractivity contribution in [2.45, 2.75) is 31.2 Å². The highest BCUT2D eigenvalue weighted by atomic mass is 19.1. The smallest absolute Gasteiger partial charge is 0.417 e. The Morgan fingerprint density at radius 3 is 2.82 bits per heavy atom. The Morgan fingerprint density at radius 1 is 1.59 bits per heavy atom. The molecule has 118 valence electrons. The second kappa shape index (κ2) is 6.27. The van der Waals surface area contributed by atoms with Crippen LogP contribution in [0, 0.1) is 0 Å². The molecule has 5 nitrogen and oxygen atoms in total. The largest absolute Gasteiger partial charge is 0.447 e. The summed E-state index contributed by atoms with van der Waals surface area (Å²) in [5.41, 5.74) is -1.74. The Kier molecular flexibility index (Phi) is 4.61. The lowest BCUT2D eigenvalue weighted by Crippen LogP contribution is -2.53. The number of carbonyl (C=O) groups is 2. The van der Waals surface area contributed by atoms with Crippen molar-refractivity contribution in [1.29, 1.82) is 0 Å². The lowest BCUT2D eigenvalue weighted by Gasteiger charge is -2.29. The van der Waals surface area contributed by atoms with E-state index < -0.39 is 29.8 Å². The van der Waals surface area contributed by atoms with Gasteiger partial charge in [-0.15, -0.1) is 6.58 Å². The summed E-state index contributed by atoms with van der Waals surface area (Å²) in [6.45, 7) is 4.19. The van der Waals surface area contributed by atoms with Crippen LogP contribution < -0.4 is 0 Å². The van der Waals surface area contributed by atoms with Gasteiger partial charge in [0.1, 0.15) is 12.7 Å². The van der Waals surface area contributed by atoms with Crippen molar-refractivity contribution in [1.82, 2.24) is 4.90 Å². The van der Waals surface area contributed by atoms with E-state index in [9.17, 15) is 19.1 Å². The zero-order valence-electron chi connectivity index (χ0n) is 12.2. The van der Waals surface area contributed by atoms with E-state index in [0.29, 0.717) is 6.42 Å². The summed E-state index contributed by atoms with van der Waals surface area (Å²) in [5, 5.41) is 9.59. The summed E-state index contributed by atoms with van der Waals surface area (Å²) in [6.07, 6.45) is -1.32. The molecule has 2 rings (SSSR count). The van der Waals surface area contributed by atoms with E-state index in [1.807, 2.05) is 30.3 Å². The Hall–Kier alpha value is -2.21. The molecular formula is C16H18FNO4. The lowest BCUT2D eigenvalue weighted by atomic mass is 9.97. The van der Waals surface area contributed by atoms with Crippen LogP contribution in [0.1, 0.15) is 12.5 Å². The van der Waals surface area contributed by atoms with Gasteiger partial charge in [0.25, 0.3) is 5.91 Å². The Balaban J connectivity index is 2.21. The van der Waals surface area contributed by atoms with Crippen LogP contribution in [-0.2, 0) is 16.0 Å². The monoisotopic (exact) mass is 307 g/mol. The first-order valence-corrected chi connectivity index (χ1v) is 6.91. The number of hydrogen-bond donors (Lipinski definition) is 1. The van der Waals surface area contributed by atoms with Crippen LogP contribution in [0.15, 0.2) is 43.0 Å². The van der Waals surface area contributed by atoms with Gasteiger partial charge in [0.2, 0.25) is 5.67 Å². The van der Waals surface area contributed by atoms with Gasteiger partial charge < -0.3 is 9.84 Å². The van der Waals surface area contributed by atoms with Crippen LogP contribution in [0.25, 0.3) is 0 Å². The molecule has 0 bridgehead atoms. The molecule has 3 atom stereocenters. The number of imide groups is 1. The molecule has 0 radical (unpaired) electrons. The van der Waals surface area contributed by atoms with Crippen LogP contribution in [0.2, 0.25) is 0 Å². The van der Waals surface area contributed by atoms with E-state index in [1.54, 1.807) is 0 Å². The van der Waals surface area contributed by atoms with E-state index in [-0.39, 0.29) is 6.61 Å². The van der Waals surface area contributed by atoms with E-state index in [0.717, 1.165) is 23.5 Å². The maximum absolute atomic E-state index is 14.5. The zero-order valence-corrected chi connectivity index (χ0v) is 12.2. The number of ether oxygens (including phenoxy) is 1. The fourth-order valence-corrected chi connectivity index (χ4v) is 2.33. The van der Waals surface area contributed by atoms with Crippen LogP contribution in [-0.4, -0.2) is 46.4 Å². The van der Waals surface area contributed by atoms with Crippen molar-refractivity contribution in [2.75, 3.05) is 6.61 Å². The molecule has 1 aliphatic heterocycles. The van der Waals surface area contributed by atoms with E-state index in [2.05, 4.69) is 6.58 Å². The fraction of sp³-hybridized carbons (Fsp3) is 0.375. The molecule has 1 heterocycles. The second-order valence-electron chi connectivity index (χ2n) is 5.35. The van der Waals surface area contributed by atoms with Crippen LogP contribution in [0.3, 0.4) is 0 Å². The first-order chi connectivity index (χ1) is 10.4. The predicted octanol–water partition coefficient (Wildman–Crippen LogP) is 1.85. The third-order valence-electron chi connectivity index (χ3n) is 3.69. The third kappa shape index (κ3) is 3.01. The van der Waals surface area contributed by atoms with Gasteiger partial charge in [-0.05, 0) is 18.9 Å². The number of carbonyl (C=O) groups excluding carboxylic acids is 2. The normalized spacial score (nSPS) is 21.9. The minimum Gasteiger partial charge on any atom is -0.447 e.